The summed E-state index contributed by atoms with van der Waals surface area (Å²) in [4.78, 5) is 31.5. The van der Waals surface area contributed by atoms with Crippen molar-refractivity contribution in [3.8, 4) is 10.6 Å². The quantitative estimate of drug-likeness (QED) is 0.345. The molecule has 5 heteroatoms. The Bertz CT molecular complexity index is 1150. The first-order valence-corrected chi connectivity index (χ1v) is 9.70. The van der Waals surface area contributed by atoms with E-state index in [0.29, 0.717) is 11.1 Å². The Morgan fingerprint density at radius 2 is 1.46 bits per heavy atom. The van der Waals surface area contributed by atoms with Crippen LogP contribution in [0.25, 0.3) is 26.2 Å². The van der Waals surface area contributed by atoms with E-state index < -0.39 is 0 Å². The van der Waals surface area contributed by atoms with E-state index in [-0.39, 0.29) is 17.1 Å². The van der Waals surface area contributed by atoms with Gasteiger partial charge in [0.1, 0.15) is 9.84 Å². The van der Waals surface area contributed by atoms with Crippen LogP contribution in [-0.2, 0) is 0 Å². The van der Waals surface area contributed by atoms with Crippen molar-refractivity contribution in [2.45, 2.75) is 0 Å². The highest BCUT2D eigenvalue weighted by Crippen LogP contribution is 2.37. The molecule has 0 saturated carbocycles. The van der Waals surface area contributed by atoms with Gasteiger partial charge in [-0.25, -0.2) is 4.98 Å². The van der Waals surface area contributed by atoms with Gasteiger partial charge in [-0.3, -0.25) is 9.59 Å². The van der Waals surface area contributed by atoms with E-state index in [4.69, 9.17) is 4.98 Å². The van der Waals surface area contributed by atoms with Crippen LogP contribution in [-0.4, -0.2) is 16.6 Å². The second-order valence-corrected chi connectivity index (χ2v) is 8.06. The third-order valence-electron chi connectivity index (χ3n) is 4.32. The zero-order valence-electron chi connectivity index (χ0n) is 13.4. The maximum atomic E-state index is 12.5. The summed E-state index contributed by atoms with van der Waals surface area (Å²) in [5, 5.41) is 0.978. The van der Waals surface area contributed by atoms with Crippen LogP contribution in [0.3, 0.4) is 0 Å². The van der Waals surface area contributed by atoms with E-state index >= 15 is 0 Å². The van der Waals surface area contributed by atoms with E-state index in [1.165, 1.54) is 11.3 Å². The average molecular weight is 373 g/mol. The standard InChI is InChI=1S/C21H11NO2S2/c23-18-14-8-4-5-9-15(14)19(24)16(18)10-13-11-17-21(25-13)22-20(26-17)12-6-2-1-3-7-12/h1-11H. The SMILES string of the molecule is O=C1C(=Cc2cc3sc(-c4ccccc4)nc3s2)C(=O)c2ccccc21. The molecule has 0 bridgehead atoms. The highest BCUT2D eigenvalue weighted by molar-refractivity contribution is 7.29. The third kappa shape index (κ3) is 2.36. The van der Waals surface area contributed by atoms with Gasteiger partial charge in [0, 0.05) is 21.6 Å². The zero-order chi connectivity index (χ0) is 17.7. The minimum Gasteiger partial charge on any atom is -0.288 e. The molecule has 26 heavy (non-hydrogen) atoms. The number of ketones is 2. The molecule has 2 heterocycles. The fourth-order valence-electron chi connectivity index (χ4n) is 3.07. The van der Waals surface area contributed by atoms with Crippen molar-refractivity contribution in [1.29, 1.82) is 0 Å². The van der Waals surface area contributed by atoms with Crippen molar-refractivity contribution in [1.82, 2.24) is 4.98 Å². The number of thiazole rings is 1. The number of carbonyl (C=O) groups excluding carboxylic acids is 2. The molecule has 0 saturated heterocycles. The van der Waals surface area contributed by atoms with Crippen LogP contribution in [0.15, 0.2) is 66.2 Å². The lowest BCUT2D eigenvalue weighted by atomic mass is 10.1. The number of thiophene rings is 1. The van der Waals surface area contributed by atoms with E-state index in [2.05, 4.69) is 0 Å². The lowest BCUT2D eigenvalue weighted by molar-refractivity contribution is 0.0990. The summed E-state index contributed by atoms with van der Waals surface area (Å²) in [6.07, 6.45) is 1.70. The molecule has 2 aromatic heterocycles. The summed E-state index contributed by atoms with van der Waals surface area (Å²) in [6, 6.07) is 19.0. The smallest absolute Gasteiger partial charge is 0.197 e. The van der Waals surface area contributed by atoms with E-state index in [1.807, 2.05) is 36.4 Å². The number of nitrogens with zero attached hydrogens (tertiary/aromatic N) is 1. The van der Waals surface area contributed by atoms with Gasteiger partial charge in [0.05, 0.1) is 10.3 Å². The van der Waals surface area contributed by atoms with Gasteiger partial charge >= 0.3 is 0 Å². The van der Waals surface area contributed by atoms with Gasteiger partial charge in [-0.1, -0.05) is 54.6 Å². The van der Waals surface area contributed by atoms with Gasteiger partial charge in [0.15, 0.2) is 11.6 Å². The Morgan fingerprint density at radius 3 is 2.12 bits per heavy atom. The minimum absolute atomic E-state index is 0.194. The normalized spacial score (nSPS) is 13.5. The number of fused-ring (bicyclic) bond motifs is 2. The van der Waals surface area contributed by atoms with Crippen molar-refractivity contribution in [3.63, 3.8) is 0 Å². The van der Waals surface area contributed by atoms with Gasteiger partial charge < -0.3 is 0 Å². The number of Topliss-reactive ketones (excluding diaryl/α,β-unsaturated/α-hetero) is 2. The largest absolute Gasteiger partial charge is 0.288 e. The highest BCUT2D eigenvalue weighted by Gasteiger charge is 2.32. The summed E-state index contributed by atoms with van der Waals surface area (Å²) < 4.78 is 1.07. The molecule has 2 aromatic carbocycles. The maximum absolute atomic E-state index is 12.5. The monoisotopic (exact) mass is 373 g/mol. The number of allylic oxidation sites excluding steroid dienone is 1. The molecule has 0 radical (unpaired) electrons. The molecule has 0 unspecified atom stereocenters. The van der Waals surface area contributed by atoms with Crippen LogP contribution >= 0.6 is 22.7 Å². The van der Waals surface area contributed by atoms with Gasteiger partial charge in [0.2, 0.25) is 0 Å². The van der Waals surface area contributed by atoms with E-state index in [0.717, 1.165) is 25.0 Å². The number of hydrogen-bond donors (Lipinski definition) is 0. The molecule has 0 fully saturated rings. The summed E-state index contributed by atoms with van der Waals surface area (Å²) >= 11 is 3.12. The van der Waals surface area contributed by atoms with Crippen molar-refractivity contribution in [2.75, 3.05) is 0 Å². The molecule has 0 atom stereocenters. The number of hydrogen-bond acceptors (Lipinski definition) is 5. The van der Waals surface area contributed by atoms with Crippen LogP contribution in [0.4, 0.5) is 0 Å². The van der Waals surface area contributed by atoms with Crippen molar-refractivity contribution in [3.05, 3.63) is 82.2 Å². The molecule has 1 aliphatic rings. The summed E-state index contributed by atoms with van der Waals surface area (Å²) in [7, 11) is 0. The second kappa shape index (κ2) is 5.83. The minimum atomic E-state index is -0.194. The molecule has 0 aliphatic heterocycles. The Kier molecular flexibility index (Phi) is 3.45. The van der Waals surface area contributed by atoms with Crippen LogP contribution < -0.4 is 0 Å². The summed E-state index contributed by atoms with van der Waals surface area (Å²) in [6.45, 7) is 0. The molecule has 5 rings (SSSR count). The molecule has 124 valence electrons. The fraction of sp³-hybridized carbons (Fsp3) is 0. The topological polar surface area (TPSA) is 47.0 Å². The first-order valence-electron chi connectivity index (χ1n) is 8.06. The lowest BCUT2D eigenvalue weighted by Gasteiger charge is -1.93. The Labute approximate surface area is 157 Å². The Morgan fingerprint density at radius 1 is 0.808 bits per heavy atom. The summed E-state index contributed by atoms with van der Waals surface area (Å²) in [5.74, 6) is -0.388. The molecular weight excluding hydrogens is 362 g/mol. The maximum Gasteiger partial charge on any atom is 0.197 e. The van der Waals surface area contributed by atoms with E-state index in [9.17, 15) is 9.59 Å². The summed E-state index contributed by atoms with van der Waals surface area (Å²) in [5.41, 5.74) is 2.32. The zero-order valence-corrected chi connectivity index (χ0v) is 15.1. The molecule has 0 amide bonds. The number of aromatic nitrogens is 1. The predicted molar refractivity (Wildman–Crippen MR) is 106 cm³/mol. The van der Waals surface area contributed by atoms with Crippen molar-refractivity contribution >= 4 is 49.8 Å². The van der Waals surface area contributed by atoms with Crippen molar-refractivity contribution in [2.24, 2.45) is 0 Å². The van der Waals surface area contributed by atoms with Crippen LogP contribution in [0.1, 0.15) is 25.6 Å². The Hall–Kier alpha value is -2.89. The van der Waals surface area contributed by atoms with Crippen molar-refractivity contribution < 1.29 is 9.59 Å². The molecule has 1 aliphatic carbocycles. The van der Waals surface area contributed by atoms with Crippen LogP contribution in [0.5, 0.6) is 0 Å². The Balaban J connectivity index is 1.53. The number of carbonyl (C=O) groups is 2. The molecule has 0 spiro atoms. The number of rotatable bonds is 2. The average Bonchev–Trinajstić information content (AvgIpc) is 3.30. The molecule has 0 N–H and O–H groups in total. The van der Waals surface area contributed by atoms with E-state index in [1.54, 1.807) is 41.7 Å². The molecule has 3 nitrogen and oxygen atoms in total. The second-order valence-electron chi connectivity index (χ2n) is 5.97. The number of benzene rings is 2. The van der Waals surface area contributed by atoms with Gasteiger partial charge in [-0.15, -0.1) is 22.7 Å². The van der Waals surface area contributed by atoms with Crippen LogP contribution in [0, 0.1) is 0 Å². The third-order valence-corrected chi connectivity index (χ3v) is 6.48. The lowest BCUT2D eigenvalue weighted by Crippen LogP contribution is -1.99. The molecular formula is C21H11NO2S2. The molecule has 4 aromatic rings. The highest BCUT2D eigenvalue weighted by atomic mass is 32.1. The van der Waals surface area contributed by atoms with Gasteiger partial charge in [-0.05, 0) is 12.1 Å². The predicted octanol–water partition coefficient (Wildman–Crippen LogP) is 5.49. The first kappa shape index (κ1) is 15.4. The van der Waals surface area contributed by atoms with Crippen LogP contribution in [0.2, 0.25) is 0 Å². The fourth-order valence-corrected chi connectivity index (χ4v) is 5.25. The van der Waals surface area contributed by atoms with Gasteiger partial charge in [-0.2, -0.15) is 0 Å². The first-order chi connectivity index (χ1) is 12.7. The van der Waals surface area contributed by atoms with Gasteiger partial charge in [0.25, 0.3) is 0 Å².